The number of carbonyl (C=O) groups excluding carboxylic acids is 1. The third-order valence-corrected chi connectivity index (χ3v) is 1.56. The summed E-state index contributed by atoms with van der Waals surface area (Å²) in [6.07, 6.45) is 2.36. The number of carboxylic acids is 1. The maximum Gasteiger partial charge on any atom is 0.320 e. The number of amides is 1. The normalized spacial score (nSPS) is 7.81. The van der Waals surface area contributed by atoms with Crippen molar-refractivity contribution in [1.82, 2.24) is 5.32 Å². The zero-order valence-electron chi connectivity index (χ0n) is 8.85. The molecule has 5 heteroatoms. The minimum absolute atomic E-state index is 0. The Morgan fingerprint density at radius 2 is 1.94 bits per heavy atom. The summed E-state index contributed by atoms with van der Waals surface area (Å²) in [5, 5.41) is 9.65. The third-order valence-electron chi connectivity index (χ3n) is 1.56. The van der Waals surface area contributed by atoms with Crippen LogP contribution < -0.4 is 5.32 Å². The van der Waals surface area contributed by atoms with E-state index in [1.807, 2.05) is 11.4 Å². The maximum atomic E-state index is 9.52. The molecule has 0 aliphatic heterocycles. The van der Waals surface area contributed by atoms with Gasteiger partial charge in [0.25, 0.3) is 0 Å². The molecule has 0 aliphatic rings. The van der Waals surface area contributed by atoms with Crippen molar-refractivity contribution < 1.29 is 14.7 Å². The van der Waals surface area contributed by atoms with E-state index in [9.17, 15) is 9.59 Å². The number of rotatable bonds is 4. The molecule has 0 radical (unpaired) electrons. The topological polar surface area (TPSA) is 66.4 Å². The van der Waals surface area contributed by atoms with E-state index in [2.05, 4.69) is 31.2 Å². The van der Waals surface area contributed by atoms with Crippen molar-refractivity contribution in [2.75, 3.05) is 6.54 Å². The molecule has 0 heterocycles. The Morgan fingerprint density at radius 1 is 1.38 bits per heavy atom. The van der Waals surface area contributed by atoms with Gasteiger partial charge in [-0.3, -0.25) is 4.79 Å². The van der Waals surface area contributed by atoms with E-state index in [4.69, 9.17) is 5.11 Å². The van der Waals surface area contributed by atoms with Crippen molar-refractivity contribution in [1.29, 1.82) is 0 Å². The van der Waals surface area contributed by atoms with Crippen LogP contribution in [0.3, 0.4) is 0 Å². The van der Waals surface area contributed by atoms with Crippen LogP contribution in [0.4, 0.5) is 0 Å². The number of hydrogen-bond donors (Lipinski definition) is 2. The molecule has 1 rings (SSSR count). The van der Waals surface area contributed by atoms with Crippen LogP contribution in [0.1, 0.15) is 12.5 Å². The van der Waals surface area contributed by atoms with E-state index >= 15 is 0 Å². The Hall–Kier alpha value is -2.84. The number of nitrogens with one attached hydrogen (secondary N) is 1. The summed E-state index contributed by atoms with van der Waals surface area (Å²) in [7, 11) is 0. The first kappa shape index (κ1) is 15.6. The molecule has 94 valence electrons. The van der Waals surface area contributed by atoms with E-state index in [0.717, 1.165) is 6.42 Å². The summed E-state index contributed by atoms with van der Waals surface area (Å²) >= 11 is 0. The van der Waals surface area contributed by atoms with E-state index in [0.29, 0.717) is 0 Å². The van der Waals surface area contributed by atoms with Gasteiger partial charge in [-0.15, -0.1) is 0 Å². The average molecular weight is 465 g/mol. The number of carbonyl (C=O) groups is 1. The number of aryl methyl sites for hydroxylation is 1. The van der Waals surface area contributed by atoms with Gasteiger partial charge in [0.15, 0.2) is 0 Å². The summed E-state index contributed by atoms with van der Waals surface area (Å²) in [5.41, 5.74) is 1.41. The summed E-state index contributed by atoms with van der Waals surface area (Å²) in [4.78, 5) is 18.7. The van der Waals surface area contributed by atoms with Gasteiger partial charge in [0.05, 0.1) is 6.54 Å². The number of carboxylic acid groups (broad SMARTS) is 1. The molecule has 1 aromatic rings. The predicted molar refractivity (Wildman–Crippen MR) is 57.2 cm³/mol. The van der Waals surface area contributed by atoms with Crippen molar-refractivity contribution in [2.45, 2.75) is 13.3 Å². The van der Waals surface area contributed by atoms with Crippen molar-refractivity contribution in [3.05, 3.63) is 35.9 Å². The van der Waals surface area contributed by atoms with Crippen LogP contribution in [0, 0.1) is 0 Å². The monoisotopic (exact) mass is 465 g/mol. The van der Waals surface area contributed by atoms with Crippen LogP contribution in [-0.2, 0) is 16.0 Å². The number of benzene rings is 1. The van der Waals surface area contributed by atoms with Gasteiger partial charge in [-0.25, -0.2) is 0 Å². The molecule has 4 nitrogen and oxygen atoms in total. The summed E-state index contributed by atoms with van der Waals surface area (Å²) in [6.45, 7) is 1.80. The van der Waals surface area contributed by atoms with Gasteiger partial charge in [0, 0.05) is 0 Å². The number of hydrogen-bond acceptors (Lipinski definition) is 2. The van der Waals surface area contributed by atoms with E-state index in [-0.39, 0.29) is 6.54 Å². The fourth-order valence-corrected chi connectivity index (χ4v) is 0.825. The Balaban J connectivity index is 0. The number of aliphatic carboxylic acids is 1. The molecule has 0 saturated heterocycles. The van der Waals surface area contributed by atoms with Crippen molar-refractivity contribution >= 4 is 12.4 Å². The van der Waals surface area contributed by atoms with Crippen LogP contribution in [0.5, 0.6) is 0 Å². The summed E-state index contributed by atoms with van der Waals surface area (Å²) in [5.74, 6) is -1.07. The SMILES string of the molecule is CCc1ccccc1.O=[C-]NCC(=O)O.[Fm]. The van der Waals surface area contributed by atoms with Gasteiger partial charge >= 0.3 is 5.97 Å². The molecule has 1 amide bonds. The van der Waals surface area contributed by atoms with Gasteiger partial charge in [-0.05, 0) is 12.0 Å². The zero-order chi connectivity index (χ0) is 11.5. The predicted octanol–water partition coefficient (Wildman–Crippen LogP) is 0.977. The molecular formula is C11H14FmNO3-. The molecule has 0 atom stereocenters. The Kier molecular flexibility index (Phi) is 10.0. The van der Waals surface area contributed by atoms with Crippen LogP contribution in [0.15, 0.2) is 30.3 Å². The molecule has 1 aromatic carbocycles. The fraction of sp³-hybridized carbons (Fsp3) is 0.273. The Morgan fingerprint density at radius 3 is 2.19 bits per heavy atom. The molecule has 16 heavy (non-hydrogen) atoms. The van der Waals surface area contributed by atoms with Gasteiger partial charge < -0.3 is 15.2 Å². The zero-order valence-corrected chi connectivity index (χ0v) is 11.3. The summed E-state index contributed by atoms with van der Waals surface area (Å²) < 4.78 is 0. The minimum Gasteiger partial charge on any atom is -0.521 e. The van der Waals surface area contributed by atoms with Gasteiger partial charge in [-0.2, -0.15) is 6.41 Å². The van der Waals surface area contributed by atoms with Crippen LogP contribution >= 0.6 is 0 Å². The first-order valence-electron chi connectivity index (χ1n) is 4.56. The Bertz CT molecular complexity index is 291. The summed E-state index contributed by atoms with van der Waals surface area (Å²) in [6, 6.07) is 10.5. The maximum absolute atomic E-state index is 9.52. The van der Waals surface area contributed by atoms with E-state index in [1.165, 1.54) is 12.0 Å². The Labute approximate surface area is 88.9 Å². The molecule has 0 fully saturated rings. The van der Waals surface area contributed by atoms with E-state index < -0.39 is 5.97 Å². The van der Waals surface area contributed by atoms with Gasteiger partial charge in [0.1, 0.15) is 0 Å². The largest absolute Gasteiger partial charge is 0.521 e. The van der Waals surface area contributed by atoms with Crippen molar-refractivity contribution in [3.63, 3.8) is 0 Å². The first-order chi connectivity index (χ1) is 7.20. The van der Waals surface area contributed by atoms with Crippen LogP contribution in [0.2, 0.25) is 0 Å². The molecule has 0 aromatic heterocycles. The second-order valence-electron chi connectivity index (χ2n) is 2.69. The van der Waals surface area contributed by atoms with Crippen molar-refractivity contribution in [2.24, 2.45) is 0 Å². The minimum atomic E-state index is -1.07. The molecule has 2 N–H and O–H groups in total. The van der Waals surface area contributed by atoms with Gasteiger partial charge in [-0.1, -0.05) is 37.3 Å². The van der Waals surface area contributed by atoms with Gasteiger partial charge in [0.2, 0.25) is 0 Å². The molecule has 0 saturated carbocycles. The molecule has 0 aliphatic carbocycles. The quantitative estimate of drug-likeness (QED) is 0.515. The van der Waals surface area contributed by atoms with Crippen molar-refractivity contribution in [3.8, 4) is 0 Å². The smallest absolute Gasteiger partial charge is 0.320 e. The molecule has 0 bridgehead atoms. The first-order valence-corrected chi connectivity index (χ1v) is 4.56. The molecular weight excluding hydrogens is 451 g/mol. The van der Waals surface area contributed by atoms with Crippen LogP contribution in [0.25, 0.3) is 0 Å². The fourth-order valence-electron chi connectivity index (χ4n) is 0.825. The second-order valence-corrected chi connectivity index (χ2v) is 2.69. The standard InChI is InChI=1S/C8H10.C3H4NO3.Fm/c1-2-8-6-4-3-5-7-8;5-2-4-1-3(6)7;/h3-7H,2H2,1H3;1H2,(H,4,5)(H,6,7);/q;-1;. The third kappa shape index (κ3) is 9.25. The molecule has 0 spiro atoms. The van der Waals surface area contributed by atoms with Crippen LogP contribution in [-0.4, -0.2) is 24.0 Å². The second kappa shape index (κ2) is 10.2. The van der Waals surface area contributed by atoms with E-state index in [1.54, 1.807) is 0 Å². The average Bonchev–Trinajstić information content (AvgIpc) is 2.28. The molecule has 0 unspecified atom stereocenters.